The molecule has 2 aromatic carbocycles. The van der Waals surface area contributed by atoms with Crippen LogP contribution in [0.4, 0.5) is 10.1 Å². The van der Waals surface area contributed by atoms with E-state index in [0.29, 0.717) is 24.4 Å². The van der Waals surface area contributed by atoms with Gasteiger partial charge in [0.2, 0.25) is 11.8 Å². The first-order valence-corrected chi connectivity index (χ1v) is 7.93. The molecule has 0 unspecified atom stereocenters. The maximum Gasteiger partial charge on any atom is 0.240 e. The third-order valence-electron chi connectivity index (χ3n) is 3.72. The van der Waals surface area contributed by atoms with Gasteiger partial charge in [-0.15, -0.1) is 0 Å². The Labute approximate surface area is 146 Å². The van der Waals surface area contributed by atoms with Crippen molar-refractivity contribution in [3.63, 3.8) is 0 Å². The first kappa shape index (κ1) is 18.4. The molecule has 0 saturated heterocycles. The van der Waals surface area contributed by atoms with E-state index in [2.05, 4.69) is 5.32 Å². The topological polar surface area (TPSA) is 58.6 Å². The van der Waals surface area contributed by atoms with E-state index < -0.39 is 0 Å². The van der Waals surface area contributed by atoms with Gasteiger partial charge >= 0.3 is 0 Å². The lowest BCUT2D eigenvalue weighted by atomic mass is 10.1. The van der Waals surface area contributed by atoms with Crippen molar-refractivity contribution in [3.8, 4) is 5.75 Å². The zero-order chi connectivity index (χ0) is 18.2. The van der Waals surface area contributed by atoms with Gasteiger partial charge in [-0.2, -0.15) is 0 Å². The lowest BCUT2D eigenvalue weighted by Gasteiger charge is -2.21. The van der Waals surface area contributed by atoms with E-state index in [0.717, 1.165) is 5.56 Å². The van der Waals surface area contributed by atoms with E-state index in [-0.39, 0.29) is 24.2 Å². The summed E-state index contributed by atoms with van der Waals surface area (Å²) in [5.41, 5.74) is 1.56. The van der Waals surface area contributed by atoms with Crippen molar-refractivity contribution in [2.45, 2.75) is 13.3 Å². The van der Waals surface area contributed by atoms with Crippen molar-refractivity contribution in [1.29, 1.82) is 0 Å². The van der Waals surface area contributed by atoms with Crippen LogP contribution in [0.15, 0.2) is 48.5 Å². The molecular weight excluding hydrogens is 323 g/mol. The van der Waals surface area contributed by atoms with Crippen LogP contribution in [0.1, 0.15) is 12.5 Å². The summed E-state index contributed by atoms with van der Waals surface area (Å²) in [5.74, 6) is -0.0904. The van der Waals surface area contributed by atoms with E-state index >= 15 is 0 Å². The van der Waals surface area contributed by atoms with E-state index in [9.17, 15) is 14.0 Å². The SMILES string of the molecule is COc1ccc(N(CC(=O)NCCc2ccc(F)cc2)C(C)=O)cc1. The van der Waals surface area contributed by atoms with Crippen LogP contribution in [0.3, 0.4) is 0 Å². The highest BCUT2D eigenvalue weighted by Crippen LogP contribution is 2.19. The third kappa shape index (κ3) is 5.60. The van der Waals surface area contributed by atoms with Gasteiger partial charge in [-0.05, 0) is 48.4 Å². The molecule has 0 heterocycles. The minimum Gasteiger partial charge on any atom is -0.497 e. The van der Waals surface area contributed by atoms with Gasteiger partial charge in [0.25, 0.3) is 0 Å². The summed E-state index contributed by atoms with van der Waals surface area (Å²) in [4.78, 5) is 25.3. The molecule has 6 heteroatoms. The normalized spacial score (nSPS) is 10.2. The number of methoxy groups -OCH3 is 1. The summed E-state index contributed by atoms with van der Waals surface area (Å²) in [7, 11) is 1.56. The van der Waals surface area contributed by atoms with Crippen molar-refractivity contribution < 1.29 is 18.7 Å². The lowest BCUT2D eigenvalue weighted by Crippen LogP contribution is -2.40. The number of carbonyl (C=O) groups is 2. The van der Waals surface area contributed by atoms with Crippen LogP contribution < -0.4 is 15.0 Å². The standard InChI is InChI=1S/C19H21FN2O3/c1-14(23)22(17-7-9-18(25-2)10-8-17)13-19(24)21-12-11-15-3-5-16(20)6-4-15/h3-10H,11-13H2,1-2H3,(H,21,24). The molecule has 0 aliphatic rings. The molecule has 0 aromatic heterocycles. The molecule has 2 amide bonds. The summed E-state index contributed by atoms with van der Waals surface area (Å²) in [6.07, 6.45) is 0.592. The Morgan fingerprint density at radius 3 is 2.28 bits per heavy atom. The van der Waals surface area contributed by atoms with Crippen LogP contribution in [0.5, 0.6) is 5.75 Å². The fourth-order valence-electron chi connectivity index (χ4n) is 2.34. The number of ether oxygens (including phenoxy) is 1. The maximum absolute atomic E-state index is 12.9. The zero-order valence-electron chi connectivity index (χ0n) is 14.3. The van der Waals surface area contributed by atoms with Gasteiger partial charge in [-0.25, -0.2) is 4.39 Å². The minimum absolute atomic E-state index is 0.0644. The molecule has 0 saturated carbocycles. The Kier molecular flexibility index (Phi) is 6.51. The first-order chi connectivity index (χ1) is 12.0. The fourth-order valence-corrected chi connectivity index (χ4v) is 2.34. The number of nitrogens with zero attached hydrogens (tertiary/aromatic N) is 1. The Morgan fingerprint density at radius 1 is 1.08 bits per heavy atom. The van der Waals surface area contributed by atoms with Crippen LogP contribution in [0.25, 0.3) is 0 Å². The Morgan fingerprint density at radius 2 is 1.72 bits per heavy atom. The summed E-state index contributed by atoms with van der Waals surface area (Å²) in [6, 6.07) is 13.1. The Bertz CT molecular complexity index is 714. The number of rotatable bonds is 7. The van der Waals surface area contributed by atoms with E-state index in [4.69, 9.17) is 4.74 Å². The summed E-state index contributed by atoms with van der Waals surface area (Å²) >= 11 is 0. The highest BCUT2D eigenvalue weighted by molar-refractivity contribution is 5.97. The van der Waals surface area contributed by atoms with Gasteiger partial charge in [-0.1, -0.05) is 12.1 Å². The van der Waals surface area contributed by atoms with Crippen LogP contribution >= 0.6 is 0 Å². The molecule has 0 spiro atoms. The van der Waals surface area contributed by atoms with Crippen LogP contribution in [0, 0.1) is 5.82 Å². The first-order valence-electron chi connectivity index (χ1n) is 7.93. The highest BCUT2D eigenvalue weighted by atomic mass is 19.1. The predicted octanol–water partition coefficient (Wildman–Crippen LogP) is 2.55. The van der Waals surface area contributed by atoms with Crippen LogP contribution in [0.2, 0.25) is 0 Å². The summed E-state index contributed by atoms with van der Waals surface area (Å²) < 4.78 is 17.9. The quantitative estimate of drug-likeness (QED) is 0.840. The largest absolute Gasteiger partial charge is 0.497 e. The predicted molar refractivity (Wildman–Crippen MR) is 94.1 cm³/mol. The van der Waals surface area contributed by atoms with E-state index in [1.165, 1.54) is 24.0 Å². The number of benzene rings is 2. The number of carbonyl (C=O) groups excluding carboxylic acids is 2. The summed E-state index contributed by atoms with van der Waals surface area (Å²) in [6.45, 7) is 1.76. The van der Waals surface area contributed by atoms with Gasteiger partial charge in [0.1, 0.15) is 18.1 Å². The van der Waals surface area contributed by atoms with E-state index in [1.807, 2.05) is 0 Å². The number of anilines is 1. The molecule has 132 valence electrons. The maximum atomic E-state index is 12.9. The van der Waals surface area contributed by atoms with Gasteiger partial charge in [0.05, 0.1) is 7.11 Å². The van der Waals surface area contributed by atoms with Crippen molar-refractivity contribution >= 4 is 17.5 Å². The molecule has 0 bridgehead atoms. The van der Waals surface area contributed by atoms with Gasteiger partial charge < -0.3 is 15.0 Å². The molecule has 25 heavy (non-hydrogen) atoms. The molecule has 0 fully saturated rings. The van der Waals surface area contributed by atoms with Crippen LogP contribution in [-0.4, -0.2) is 32.0 Å². The lowest BCUT2D eigenvalue weighted by molar-refractivity contribution is -0.123. The monoisotopic (exact) mass is 344 g/mol. The average molecular weight is 344 g/mol. The fraction of sp³-hybridized carbons (Fsp3) is 0.263. The van der Waals surface area contributed by atoms with Gasteiger partial charge in [0, 0.05) is 19.2 Å². The number of nitrogens with one attached hydrogen (secondary N) is 1. The molecule has 0 aliphatic heterocycles. The molecule has 1 N–H and O–H groups in total. The van der Waals surface area contributed by atoms with Gasteiger partial charge in [0.15, 0.2) is 0 Å². The Balaban J connectivity index is 1.88. The molecule has 0 radical (unpaired) electrons. The van der Waals surface area contributed by atoms with Crippen molar-refractivity contribution in [1.82, 2.24) is 5.32 Å². The molecule has 5 nitrogen and oxygen atoms in total. The number of halogens is 1. The van der Waals surface area contributed by atoms with Crippen LogP contribution in [-0.2, 0) is 16.0 Å². The Hall–Kier alpha value is -2.89. The second-order valence-corrected chi connectivity index (χ2v) is 5.53. The third-order valence-corrected chi connectivity index (χ3v) is 3.72. The molecule has 2 rings (SSSR count). The molecule has 0 aliphatic carbocycles. The molecular formula is C19H21FN2O3. The van der Waals surface area contributed by atoms with E-state index in [1.54, 1.807) is 43.5 Å². The second kappa shape index (κ2) is 8.82. The smallest absolute Gasteiger partial charge is 0.240 e. The van der Waals surface area contributed by atoms with Crippen molar-refractivity contribution in [2.75, 3.05) is 25.1 Å². The van der Waals surface area contributed by atoms with Gasteiger partial charge in [-0.3, -0.25) is 9.59 Å². The summed E-state index contributed by atoms with van der Waals surface area (Å²) in [5, 5.41) is 2.77. The molecule has 2 aromatic rings. The minimum atomic E-state index is -0.288. The number of amides is 2. The number of hydrogen-bond donors (Lipinski definition) is 1. The average Bonchev–Trinajstić information content (AvgIpc) is 2.61. The van der Waals surface area contributed by atoms with Crippen molar-refractivity contribution in [3.05, 3.63) is 59.9 Å². The highest BCUT2D eigenvalue weighted by Gasteiger charge is 2.15. The second-order valence-electron chi connectivity index (χ2n) is 5.53. The van der Waals surface area contributed by atoms with Crippen molar-refractivity contribution in [2.24, 2.45) is 0 Å². The zero-order valence-corrected chi connectivity index (χ0v) is 14.3. The number of hydrogen-bond acceptors (Lipinski definition) is 3. The molecule has 0 atom stereocenters.